The van der Waals surface area contributed by atoms with Gasteiger partial charge in [-0.2, -0.15) is 0 Å². The summed E-state index contributed by atoms with van der Waals surface area (Å²) in [5.74, 6) is -1.36. The fourth-order valence-corrected chi connectivity index (χ4v) is 3.18. The molecule has 1 aliphatic carbocycles. The highest BCUT2D eigenvalue weighted by atomic mass is 16.4. The van der Waals surface area contributed by atoms with Gasteiger partial charge in [0.2, 0.25) is 0 Å². The van der Waals surface area contributed by atoms with Crippen LogP contribution in [0.2, 0.25) is 0 Å². The average Bonchev–Trinajstić information content (AvgIpc) is 2.38. The molecule has 1 aliphatic rings. The molecule has 1 saturated carbocycles. The minimum absolute atomic E-state index is 0.00751. The Kier molecular flexibility index (Phi) is 6.65. The van der Waals surface area contributed by atoms with E-state index in [2.05, 4.69) is 6.42 Å². The molecular formula is C14H25O4. The van der Waals surface area contributed by atoms with Crippen LogP contribution in [0, 0.1) is 30.1 Å². The maximum atomic E-state index is 11.5. The fourth-order valence-electron chi connectivity index (χ4n) is 3.18. The predicted molar refractivity (Wildman–Crippen MR) is 68.8 cm³/mol. The fraction of sp³-hybridized carbons (Fsp3) is 0.857. The Hall–Kier alpha value is -0.610. The molecule has 0 heterocycles. The van der Waals surface area contributed by atoms with Crippen LogP contribution in [0.5, 0.6) is 0 Å². The Morgan fingerprint density at radius 3 is 2.22 bits per heavy atom. The zero-order valence-corrected chi connectivity index (χ0v) is 11.1. The van der Waals surface area contributed by atoms with Crippen LogP contribution in [0.25, 0.3) is 0 Å². The molecule has 0 aromatic carbocycles. The van der Waals surface area contributed by atoms with Crippen LogP contribution in [-0.2, 0) is 4.79 Å². The molecule has 18 heavy (non-hydrogen) atoms. The normalized spacial score (nSPS) is 30.1. The molecule has 0 spiro atoms. The molecule has 105 valence electrons. The second-order valence-corrected chi connectivity index (χ2v) is 5.31. The monoisotopic (exact) mass is 257 g/mol. The van der Waals surface area contributed by atoms with Gasteiger partial charge in [0.25, 0.3) is 0 Å². The number of aliphatic carboxylic acids is 1. The topological polar surface area (TPSA) is 77.8 Å². The molecule has 4 nitrogen and oxygen atoms in total. The van der Waals surface area contributed by atoms with E-state index in [4.69, 9.17) is 0 Å². The van der Waals surface area contributed by atoms with E-state index in [1.165, 1.54) is 0 Å². The quantitative estimate of drug-likeness (QED) is 0.649. The zero-order valence-electron chi connectivity index (χ0n) is 11.1. The molecule has 3 N–H and O–H groups in total. The van der Waals surface area contributed by atoms with Crippen molar-refractivity contribution < 1.29 is 20.1 Å². The third kappa shape index (κ3) is 3.69. The van der Waals surface area contributed by atoms with Crippen LogP contribution in [-0.4, -0.2) is 34.5 Å². The Morgan fingerprint density at radius 1 is 1.28 bits per heavy atom. The Morgan fingerprint density at radius 2 is 1.83 bits per heavy atom. The molecule has 1 radical (unpaired) electrons. The first-order chi connectivity index (χ1) is 8.65. The maximum absolute atomic E-state index is 11.5. The summed E-state index contributed by atoms with van der Waals surface area (Å²) in [5, 5.41) is 28.3. The van der Waals surface area contributed by atoms with Gasteiger partial charge in [-0.05, 0) is 43.4 Å². The van der Waals surface area contributed by atoms with Gasteiger partial charge in [0, 0.05) is 13.2 Å². The summed E-state index contributed by atoms with van der Waals surface area (Å²) in [4.78, 5) is 11.5. The first-order valence-corrected chi connectivity index (χ1v) is 6.91. The van der Waals surface area contributed by atoms with Crippen molar-refractivity contribution in [2.75, 3.05) is 13.2 Å². The largest absolute Gasteiger partial charge is 0.481 e. The molecule has 3 atom stereocenters. The van der Waals surface area contributed by atoms with Crippen LogP contribution >= 0.6 is 0 Å². The molecule has 0 aromatic heterocycles. The third-order valence-electron chi connectivity index (χ3n) is 4.15. The summed E-state index contributed by atoms with van der Waals surface area (Å²) in [5.41, 5.74) is 0. The Labute approximate surface area is 109 Å². The van der Waals surface area contributed by atoms with Crippen molar-refractivity contribution in [1.82, 2.24) is 0 Å². The molecule has 0 amide bonds. The standard InChI is InChI=1S/C14H25O4/c1-2-3-7-12(14(17)18)13-10(8-15)5-4-6-11(13)9-16/h4,10-13,15-16H,2-3,5-9H2,1H3,(H,17,18). The van der Waals surface area contributed by atoms with Crippen LogP contribution in [0.3, 0.4) is 0 Å². The first-order valence-electron chi connectivity index (χ1n) is 6.91. The molecule has 0 saturated heterocycles. The summed E-state index contributed by atoms with van der Waals surface area (Å²) in [6, 6.07) is 0. The first kappa shape index (κ1) is 15.4. The Balaban J connectivity index is 2.83. The van der Waals surface area contributed by atoms with Crippen molar-refractivity contribution in [3.63, 3.8) is 0 Å². The van der Waals surface area contributed by atoms with Gasteiger partial charge in [0.1, 0.15) is 0 Å². The molecule has 0 aliphatic heterocycles. The number of hydrogen-bond donors (Lipinski definition) is 3. The SMILES string of the molecule is CCCCC(C(=O)O)C1C(CO)C[CH]CC1CO. The van der Waals surface area contributed by atoms with Crippen LogP contribution in [0.15, 0.2) is 0 Å². The number of unbranched alkanes of at least 4 members (excludes halogenated alkanes) is 1. The molecular weight excluding hydrogens is 232 g/mol. The van der Waals surface area contributed by atoms with Crippen molar-refractivity contribution in [1.29, 1.82) is 0 Å². The Bertz CT molecular complexity index is 242. The van der Waals surface area contributed by atoms with Gasteiger partial charge < -0.3 is 15.3 Å². The van der Waals surface area contributed by atoms with Gasteiger partial charge in [-0.15, -0.1) is 0 Å². The van der Waals surface area contributed by atoms with Crippen molar-refractivity contribution >= 4 is 5.97 Å². The smallest absolute Gasteiger partial charge is 0.306 e. The van der Waals surface area contributed by atoms with Crippen molar-refractivity contribution in [2.24, 2.45) is 23.7 Å². The van der Waals surface area contributed by atoms with Crippen LogP contribution in [0.4, 0.5) is 0 Å². The lowest BCUT2D eigenvalue weighted by Gasteiger charge is -2.40. The summed E-state index contributed by atoms with van der Waals surface area (Å²) < 4.78 is 0. The zero-order chi connectivity index (χ0) is 13.5. The molecule has 3 unspecified atom stereocenters. The summed E-state index contributed by atoms with van der Waals surface area (Å²) in [7, 11) is 0. The van der Waals surface area contributed by atoms with E-state index in [-0.39, 0.29) is 31.0 Å². The second-order valence-electron chi connectivity index (χ2n) is 5.31. The highest BCUT2D eigenvalue weighted by Crippen LogP contribution is 2.40. The highest BCUT2D eigenvalue weighted by Gasteiger charge is 2.40. The van der Waals surface area contributed by atoms with Gasteiger partial charge >= 0.3 is 5.97 Å². The number of aliphatic hydroxyl groups is 2. The molecule has 1 rings (SSSR count). The van der Waals surface area contributed by atoms with Crippen LogP contribution in [0.1, 0.15) is 39.0 Å². The van der Waals surface area contributed by atoms with Crippen molar-refractivity contribution in [3.05, 3.63) is 6.42 Å². The van der Waals surface area contributed by atoms with E-state index >= 15 is 0 Å². The summed E-state index contributed by atoms with van der Waals surface area (Å²) in [6.07, 6.45) is 6.07. The number of aliphatic hydroxyl groups excluding tert-OH is 2. The lowest BCUT2D eigenvalue weighted by Crippen LogP contribution is -2.41. The van der Waals surface area contributed by atoms with E-state index in [1.54, 1.807) is 0 Å². The van der Waals surface area contributed by atoms with Gasteiger partial charge in [-0.1, -0.05) is 19.8 Å². The minimum Gasteiger partial charge on any atom is -0.481 e. The maximum Gasteiger partial charge on any atom is 0.306 e. The minimum atomic E-state index is -0.785. The second kappa shape index (κ2) is 7.74. The lowest BCUT2D eigenvalue weighted by molar-refractivity contribution is -0.147. The number of carboxylic acids is 1. The number of carboxylic acid groups (broad SMARTS) is 1. The molecule has 0 aromatic rings. The van der Waals surface area contributed by atoms with Crippen LogP contribution < -0.4 is 0 Å². The number of rotatable bonds is 7. The molecule has 4 heteroatoms. The van der Waals surface area contributed by atoms with Crippen molar-refractivity contribution in [2.45, 2.75) is 39.0 Å². The van der Waals surface area contributed by atoms with Gasteiger partial charge in [0.05, 0.1) is 5.92 Å². The molecule has 1 fully saturated rings. The van der Waals surface area contributed by atoms with E-state index in [1.807, 2.05) is 6.92 Å². The van der Waals surface area contributed by atoms with E-state index in [9.17, 15) is 20.1 Å². The van der Waals surface area contributed by atoms with Gasteiger partial charge in [-0.3, -0.25) is 4.79 Å². The average molecular weight is 257 g/mol. The molecule has 0 bridgehead atoms. The van der Waals surface area contributed by atoms with E-state index in [0.29, 0.717) is 6.42 Å². The predicted octanol–water partition coefficient (Wildman–Crippen LogP) is 1.71. The lowest BCUT2D eigenvalue weighted by atomic mass is 9.65. The summed E-state index contributed by atoms with van der Waals surface area (Å²) >= 11 is 0. The van der Waals surface area contributed by atoms with Gasteiger partial charge in [-0.25, -0.2) is 0 Å². The number of carbonyl (C=O) groups is 1. The van der Waals surface area contributed by atoms with E-state index in [0.717, 1.165) is 25.7 Å². The van der Waals surface area contributed by atoms with Gasteiger partial charge in [0.15, 0.2) is 0 Å². The number of hydrogen-bond acceptors (Lipinski definition) is 3. The summed E-state index contributed by atoms with van der Waals surface area (Å²) in [6.45, 7) is 2.06. The van der Waals surface area contributed by atoms with Crippen molar-refractivity contribution in [3.8, 4) is 0 Å². The highest BCUT2D eigenvalue weighted by molar-refractivity contribution is 5.70. The third-order valence-corrected chi connectivity index (χ3v) is 4.15. The van der Waals surface area contributed by atoms with E-state index < -0.39 is 11.9 Å².